The topological polar surface area (TPSA) is 88.8 Å². The molecular weight excluding hydrogens is 216 g/mol. The monoisotopic (exact) mass is 230 g/mol. The van der Waals surface area contributed by atoms with Gasteiger partial charge in [0.2, 0.25) is 0 Å². The highest BCUT2D eigenvalue weighted by Gasteiger charge is 2.05. The van der Waals surface area contributed by atoms with E-state index in [9.17, 15) is 0 Å². The summed E-state index contributed by atoms with van der Waals surface area (Å²) < 4.78 is 0. The normalized spacial score (nSPS) is 9.94. The number of nitrogen functional groups attached to an aromatic ring is 1. The van der Waals surface area contributed by atoms with Gasteiger partial charge in [-0.15, -0.1) is 0 Å². The lowest BCUT2D eigenvalue weighted by molar-refractivity contribution is 1.07. The molecule has 0 aliphatic rings. The number of rotatable bonds is 4. The Balaban J connectivity index is 2.09. The van der Waals surface area contributed by atoms with Crippen molar-refractivity contribution in [2.45, 2.75) is 6.54 Å². The van der Waals surface area contributed by atoms with Crippen molar-refractivity contribution in [3.05, 3.63) is 36.4 Å². The van der Waals surface area contributed by atoms with E-state index in [1.807, 2.05) is 12.1 Å². The van der Waals surface area contributed by atoms with Crippen molar-refractivity contribution < 1.29 is 0 Å². The first kappa shape index (κ1) is 11.1. The van der Waals surface area contributed by atoms with Crippen molar-refractivity contribution in [1.29, 1.82) is 0 Å². The Morgan fingerprint density at radius 1 is 1.29 bits per heavy atom. The second-order valence-corrected chi connectivity index (χ2v) is 3.45. The number of anilines is 3. The molecule has 0 spiro atoms. The number of pyridine rings is 1. The molecule has 0 aliphatic carbocycles. The van der Waals surface area contributed by atoms with Crippen LogP contribution in [-0.2, 0) is 6.54 Å². The van der Waals surface area contributed by atoms with E-state index in [0.717, 1.165) is 5.56 Å². The van der Waals surface area contributed by atoms with Gasteiger partial charge < -0.3 is 16.4 Å². The minimum absolute atomic E-state index is 0.513. The van der Waals surface area contributed by atoms with Crippen LogP contribution in [0.5, 0.6) is 0 Å². The SMILES string of the molecule is CNc1ncnc(NCc2cccnc2)c1N. The van der Waals surface area contributed by atoms with Crippen LogP contribution in [0.2, 0.25) is 0 Å². The van der Waals surface area contributed by atoms with E-state index in [4.69, 9.17) is 5.73 Å². The zero-order valence-electron chi connectivity index (χ0n) is 9.51. The van der Waals surface area contributed by atoms with Crippen molar-refractivity contribution in [3.8, 4) is 0 Å². The van der Waals surface area contributed by atoms with Crippen molar-refractivity contribution in [2.75, 3.05) is 23.4 Å². The fraction of sp³-hybridized carbons (Fsp3) is 0.182. The second-order valence-electron chi connectivity index (χ2n) is 3.45. The second kappa shape index (κ2) is 5.11. The average molecular weight is 230 g/mol. The summed E-state index contributed by atoms with van der Waals surface area (Å²) in [6, 6.07) is 3.87. The van der Waals surface area contributed by atoms with E-state index in [2.05, 4.69) is 25.6 Å². The van der Waals surface area contributed by atoms with E-state index in [0.29, 0.717) is 23.9 Å². The number of nitrogens with zero attached hydrogens (tertiary/aromatic N) is 3. The zero-order valence-corrected chi connectivity index (χ0v) is 9.51. The summed E-state index contributed by atoms with van der Waals surface area (Å²) >= 11 is 0. The summed E-state index contributed by atoms with van der Waals surface area (Å²) in [4.78, 5) is 12.1. The Labute approximate surface area is 99.3 Å². The number of nitrogens with two attached hydrogens (primary N) is 1. The molecule has 6 nitrogen and oxygen atoms in total. The lowest BCUT2D eigenvalue weighted by Gasteiger charge is -2.10. The number of hydrogen-bond acceptors (Lipinski definition) is 6. The number of aromatic nitrogens is 3. The third kappa shape index (κ3) is 2.60. The minimum atomic E-state index is 0.513. The van der Waals surface area contributed by atoms with Gasteiger partial charge in [-0.2, -0.15) is 0 Å². The molecule has 0 saturated heterocycles. The van der Waals surface area contributed by atoms with Crippen molar-refractivity contribution in [2.24, 2.45) is 0 Å². The molecule has 2 heterocycles. The van der Waals surface area contributed by atoms with Crippen LogP contribution in [-0.4, -0.2) is 22.0 Å². The molecule has 4 N–H and O–H groups in total. The number of hydrogen-bond donors (Lipinski definition) is 3. The van der Waals surface area contributed by atoms with E-state index < -0.39 is 0 Å². The Morgan fingerprint density at radius 3 is 2.82 bits per heavy atom. The molecule has 2 aromatic rings. The van der Waals surface area contributed by atoms with E-state index in [1.165, 1.54) is 6.33 Å². The predicted octanol–water partition coefficient (Wildman–Crippen LogP) is 1.11. The highest BCUT2D eigenvalue weighted by molar-refractivity contribution is 5.73. The van der Waals surface area contributed by atoms with Gasteiger partial charge in [0.1, 0.15) is 12.0 Å². The molecule has 2 rings (SSSR count). The van der Waals surface area contributed by atoms with Gasteiger partial charge in [0.05, 0.1) is 0 Å². The largest absolute Gasteiger partial charge is 0.393 e. The molecule has 0 bridgehead atoms. The fourth-order valence-electron chi connectivity index (χ4n) is 1.42. The summed E-state index contributed by atoms with van der Waals surface area (Å²) in [7, 11) is 1.77. The van der Waals surface area contributed by atoms with Crippen LogP contribution in [0, 0.1) is 0 Å². The summed E-state index contributed by atoms with van der Waals surface area (Å²) in [5.41, 5.74) is 7.47. The average Bonchev–Trinajstić information content (AvgIpc) is 2.39. The predicted molar refractivity (Wildman–Crippen MR) is 67.6 cm³/mol. The summed E-state index contributed by atoms with van der Waals surface area (Å²) in [6.45, 7) is 0.623. The molecule has 0 aliphatic heterocycles. The van der Waals surface area contributed by atoms with Crippen LogP contribution in [0.1, 0.15) is 5.56 Å². The minimum Gasteiger partial charge on any atom is -0.393 e. The lowest BCUT2D eigenvalue weighted by Crippen LogP contribution is -2.08. The molecule has 88 valence electrons. The smallest absolute Gasteiger partial charge is 0.155 e. The molecule has 0 radical (unpaired) electrons. The van der Waals surface area contributed by atoms with E-state index in [1.54, 1.807) is 19.4 Å². The van der Waals surface area contributed by atoms with Gasteiger partial charge in [0.25, 0.3) is 0 Å². The van der Waals surface area contributed by atoms with Crippen molar-refractivity contribution >= 4 is 17.3 Å². The Bertz CT molecular complexity index is 485. The first-order chi connectivity index (χ1) is 8.31. The molecule has 0 aromatic carbocycles. The quantitative estimate of drug-likeness (QED) is 0.729. The first-order valence-electron chi connectivity index (χ1n) is 5.22. The molecular formula is C11H14N6. The van der Waals surface area contributed by atoms with Gasteiger partial charge in [-0.05, 0) is 11.6 Å². The van der Waals surface area contributed by atoms with Crippen molar-refractivity contribution in [1.82, 2.24) is 15.0 Å². The summed E-state index contributed by atoms with van der Waals surface area (Å²) in [6.07, 6.45) is 5.00. The molecule has 0 amide bonds. The summed E-state index contributed by atoms with van der Waals surface area (Å²) in [5, 5.41) is 6.05. The van der Waals surface area contributed by atoms with Gasteiger partial charge in [-0.3, -0.25) is 4.98 Å². The van der Waals surface area contributed by atoms with Crippen LogP contribution < -0.4 is 16.4 Å². The van der Waals surface area contributed by atoms with Crippen LogP contribution in [0.4, 0.5) is 17.3 Å². The van der Waals surface area contributed by atoms with Gasteiger partial charge in [-0.1, -0.05) is 6.07 Å². The van der Waals surface area contributed by atoms with Crippen LogP contribution in [0.25, 0.3) is 0 Å². The number of nitrogens with one attached hydrogen (secondary N) is 2. The Morgan fingerprint density at radius 2 is 2.12 bits per heavy atom. The van der Waals surface area contributed by atoms with Crippen molar-refractivity contribution in [3.63, 3.8) is 0 Å². The molecule has 0 unspecified atom stereocenters. The zero-order chi connectivity index (χ0) is 12.1. The molecule has 0 saturated carbocycles. The fourth-order valence-corrected chi connectivity index (χ4v) is 1.42. The maximum absolute atomic E-state index is 5.89. The Kier molecular flexibility index (Phi) is 3.34. The van der Waals surface area contributed by atoms with Gasteiger partial charge >= 0.3 is 0 Å². The lowest BCUT2D eigenvalue weighted by atomic mass is 10.3. The maximum atomic E-state index is 5.89. The standard InChI is InChI=1S/C11H14N6/c1-13-10-9(12)11(17-7-16-10)15-6-8-3-2-4-14-5-8/h2-5,7H,6,12H2,1H3,(H2,13,15,16,17). The van der Waals surface area contributed by atoms with Gasteiger partial charge in [0.15, 0.2) is 11.6 Å². The first-order valence-corrected chi connectivity index (χ1v) is 5.22. The Hall–Kier alpha value is -2.37. The third-order valence-electron chi connectivity index (χ3n) is 2.30. The van der Waals surface area contributed by atoms with Crippen LogP contribution >= 0.6 is 0 Å². The van der Waals surface area contributed by atoms with E-state index >= 15 is 0 Å². The molecule has 6 heteroatoms. The van der Waals surface area contributed by atoms with Gasteiger partial charge in [0, 0.05) is 26.0 Å². The molecule has 0 fully saturated rings. The molecule has 2 aromatic heterocycles. The molecule has 0 atom stereocenters. The highest BCUT2D eigenvalue weighted by Crippen LogP contribution is 2.21. The van der Waals surface area contributed by atoms with E-state index in [-0.39, 0.29) is 0 Å². The van der Waals surface area contributed by atoms with Crippen LogP contribution in [0.3, 0.4) is 0 Å². The molecule has 17 heavy (non-hydrogen) atoms. The highest BCUT2D eigenvalue weighted by atomic mass is 15.1. The van der Waals surface area contributed by atoms with Crippen LogP contribution in [0.15, 0.2) is 30.9 Å². The van der Waals surface area contributed by atoms with Gasteiger partial charge in [-0.25, -0.2) is 9.97 Å². The maximum Gasteiger partial charge on any atom is 0.155 e. The summed E-state index contributed by atoms with van der Waals surface area (Å²) in [5.74, 6) is 1.24. The third-order valence-corrected chi connectivity index (χ3v) is 2.30.